The first-order valence-electron chi connectivity index (χ1n) is 6.96. The molecule has 1 saturated heterocycles. The summed E-state index contributed by atoms with van der Waals surface area (Å²) >= 11 is 9.64. The summed E-state index contributed by atoms with van der Waals surface area (Å²) in [6.45, 7) is 5.60. The van der Waals surface area contributed by atoms with Gasteiger partial charge in [-0.3, -0.25) is 14.5 Å². The van der Waals surface area contributed by atoms with Crippen LogP contribution in [0.1, 0.15) is 32.3 Å². The molecule has 1 N–H and O–H groups in total. The molecule has 6 heteroatoms. The lowest BCUT2D eigenvalue weighted by molar-refractivity contribution is -0.133. The fourth-order valence-electron chi connectivity index (χ4n) is 2.46. The summed E-state index contributed by atoms with van der Waals surface area (Å²) in [5.74, 6) is -0.235. The second-order valence-electron chi connectivity index (χ2n) is 5.29. The van der Waals surface area contributed by atoms with Gasteiger partial charge in [-0.25, -0.2) is 0 Å². The van der Waals surface area contributed by atoms with E-state index >= 15 is 0 Å². The molecule has 0 radical (unpaired) electrons. The summed E-state index contributed by atoms with van der Waals surface area (Å²) in [7, 11) is 0. The van der Waals surface area contributed by atoms with Crippen LogP contribution in [0.5, 0.6) is 0 Å². The molecular formula is C15H18BrClN2O2. The summed E-state index contributed by atoms with van der Waals surface area (Å²) in [4.78, 5) is 26.3. The molecule has 1 aromatic rings. The van der Waals surface area contributed by atoms with Gasteiger partial charge in [-0.2, -0.15) is 0 Å². The zero-order chi connectivity index (χ0) is 15.7. The van der Waals surface area contributed by atoms with E-state index in [0.29, 0.717) is 17.1 Å². The van der Waals surface area contributed by atoms with Gasteiger partial charge in [0.05, 0.1) is 5.69 Å². The average molecular weight is 374 g/mol. The minimum Gasteiger partial charge on any atom is -0.342 e. The van der Waals surface area contributed by atoms with Gasteiger partial charge in [0.1, 0.15) is 12.1 Å². The molecule has 0 spiro atoms. The van der Waals surface area contributed by atoms with Gasteiger partial charge in [0.25, 0.3) is 0 Å². The largest absolute Gasteiger partial charge is 0.342 e. The van der Waals surface area contributed by atoms with Crippen LogP contribution in [0.15, 0.2) is 16.6 Å². The molecule has 2 rings (SSSR count). The zero-order valence-electron chi connectivity index (χ0n) is 12.2. The van der Waals surface area contributed by atoms with Crippen molar-refractivity contribution in [2.75, 3.05) is 4.90 Å². The van der Waals surface area contributed by atoms with Gasteiger partial charge >= 0.3 is 0 Å². The summed E-state index contributed by atoms with van der Waals surface area (Å²) in [6.07, 6.45) is 1.46. The van der Waals surface area contributed by atoms with E-state index in [4.69, 9.17) is 11.6 Å². The van der Waals surface area contributed by atoms with Gasteiger partial charge in [0.15, 0.2) is 0 Å². The predicted molar refractivity (Wildman–Crippen MR) is 87.7 cm³/mol. The molecule has 2 atom stereocenters. The minimum atomic E-state index is -0.555. The molecule has 0 saturated carbocycles. The third kappa shape index (κ3) is 3.09. The van der Waals surface area contributed by atoms with Crippen molar-refractivity contribution in [1.29, 1.82) is 0 Å². The lowest BCUT2D eigenvalue weighted by atomic mass is 10.0. The number of piperazine rings is 1. The van der Waals surface area contributed by atoms with E-state index in [0.717, 1.165) is 16.5 Å². The highest BCUT2D eigenvalue weighted by molar-refractivity contribution is 9.10. The van der Waals surface area contributed by atoms with Crippen LogP contribution in [0.4, 0.5) is 5.69 Å². The van der Waals surface area contributed by atoms with E-state index in [-0.39, 0.29) is 11.8 Å². The second-order valence-corrected chi connectivity index (χ2v) is 6.55. The maximum Gasteiger partial charge on any atom is 0.250 e. The lowest BCUT2D eigenvalue weighted by Gasteiger charge is -2.38. The monoisotopic (exact) mass is 372 g/mol. The Kier molecular flexibility index (Phi) is 4.94. The number of carbonyl (C=O) groups excluding carboxylic acids is 2. The maximum atomic E-state index is 12.7. The summed E-state index contributed by atoms with van der Waals surface area (Å²) < 4.78 is 0.759. The van der Waals surface area contributed by atoms with E-state index in [1.807, 2.05) is 19.9 Å². The zero-order valence-corrected chi connectivity index (χ0v) is 14.6. The van der Waals surface area contributed by atoms with Gasteiger partial charge in [-0.15, -0.1) is 0 Å². The molecule has 2 amide bonds. The number of carbonyl (C=O) groups is 2. The van der Waals surface area contributed by atoms with E-state index < -0.39 is 12.1 Å². The SMILES string of the molecule is CCCC1NC(=O)C(C)N(c2cc(Cl)c(C)cc2Br)C1=O. The molecular weight excluding hydrogens is 356 g/mol. The number of rotatable bonds is 3. The summed E-state index contributed by atoms with van der Waals surface area (Å²) in [5, 5.41) is 3.36. The van der Waals surface area contributed by atoms with Crippen molar-refractivity contribution in [3.8, 4) is 0 Å². The van der Waals surface area contributed by atoms with Gasteiger partial charge in [-0.05, 0) is 53.9 Å². The first-order valence-corrected chi connectivity index (χ1v) is 8.13. The van der Waals surface area contributed by atoms with Crippen LogP contribution >= 0.6 is 27.5 Å². The summed E-state index contributed by atoms with van der Waals surface area (Å²) in [5.41, 5.74) is 1.55. The topological polar surface area (TPSA) is 49.4 Å². The molecule has 21 heavy (non-hydrogen) atoms. The number of aryl methyl sites for hydroxylation is 1. The third-order valence-electron chi connectivity index (χ3n) is 3.68. The van der Waals surface area contributed by atoms with E-state index in [2.05, 4.69) is 21.2 Å². The Labute approximate surface area is 138 Å². The molecule has 0 aliphatic carbocycles. The van der Waals surface area contributed by atoms with Gasteiger partial charge in [0, 0.05) is 9.50 Å². The van der Waals surface area contributed by atoms with Crippen LogP contribution in [0.2, 0.25) is 5.02 Å². The van der Waals surface area contributed by atoms with E-state index in [9.17, 15) is 9.59 Å². The highest BCUT2D eigenvalue weighted by Crippen LogP contribution is 2.34. The van der Waals surface area contributed by atoms with E-state index in [1.54, 1.807) is 13.0 Å². The summed E-state index contributed by atoms with van der Waals surface area (Å²) in [6, 6.07) is 2.57. The van der Waals surface area contributed by atoms with Crippen molar-refractivity contribution in [1.82, 2.24) is 5.32 Å². The Morgan fingerprint density at radius 1 is 1.38 bits per heavy atom. The fraction of sp³-hybridized carbons (Fsp3) is 0.467. The van der Waals surface area contributed by atoms with E-state index in [1.165, 1.54) is 4.90 Å². The molecule has 1 aliphatic heterocycles. The molecule has 1 aromatic carbocycles. The lowest BCUT2D eigenvalue weighted by Crippen LogP contribution is -2.62. The highest BCUT2D eigenvalue weighted by atomic mass is 79.9. The van der Waals surface area contributed by atoms with Crippen molar-refractivity contribution in [2.45, 2.75) is 45.7 Å². The molecule has 0 aromatic heterocycles. The second kappa shape index (κ2) is 6.36. The Balaban J connectivity index is 2.46. The molecule has 1 heterocycles. The number of anilines is 1. The van der Waals surface area contributed by atoms with Gasteiger partial charge in [-0.1, -0.05) is 24.9 Å². The number of benzene rings is 1. The number of nitrogens with one attached hydrogen (secondary N) is 1. The van der Waals surface area contributed by atoms with Crippen LogP contribution < -0.4 is 10.2 Å². The quantitative estimate of drug-likeness (QED) is 0.882. The van der Waals surface area contributed by atoms with Crippen LogP contribution in [-0.4, -0.2) is 23.9 Å². The Morgan fingerprint density at radius 2 is 2.05 bits per heavy atom. The Morgan fingerprint density at radius 3 is 2.67 bits per heavy atom. The first-order chi connectivity index (χ1) is 9.86. The number of hydrogen-bond acceptors (Lipinski definition) is 2. The normalized spacial score (nSPS) is 22.4. The van der Waals surface area contributed by atoms with Crippen LogP contribution in [0, 0.1) is 6.92 Å². The average Bonchev–Trinajstić information content (AvgIpc) is 2.42. The van der Waals surface area contributed by atoms with Crippen molar-refractivity contribution < 1.29 is 9.59 Å². The molecule has 0 bridgehead atoms. The smallest absolute Gasteiger partial charge is 0.250 e. The van der Waals surface area contributed by atoms with Gasteiger partial charge in [0.2, 0.25) is 11.8 Å². The van der Waals surface area contributed by atoms with Gasteiger partial charge < -0.3 is 5.32 Å². The van der Waals surface area contributed by atoms with Crippen molar-refractivity contribution in [3.05, 3.63) is 27.2 Å². The molecule has 4 nitrogen and oxygen atoms in total. The molecule has 1 fully saturated rings. The molecule has 1 aliphatic rings. The fourth-order valence-corrected chi connectivity index (χ4v) is 3.27. The maximum absolute atomic E-state index is 12.7. The molecule has 2 unspecified atom stereocenters. The van der Waals surface area contributed by atoms with Crippen molar-refractivity contribution in [3.63, 3.8) is 0 Å². The highest BCUT2D eigenvalue weighted by Gasteiger charge is 2.39. The molecule has 114 valence electrons. The number of hydrogen-bond donors (Lipinski definition) is 1. The Bertz CT molecular complexity index is 591. The predicted octanol–water partition coefficient (Wildman–Crippen LogP) is 3.43. The third-order valence-corrected chi connectivity index (χ3v) is 4.73. The van der Waals surface area contributed by atoms with Crippen LogP contribution in [0.3, 0.4) is 0 Å². The minimum absolute atomic E-state index is 0.0930. The van der Waals surface area contributed by atoms with Crippen LogP contribution in [-0.2, 0) is 9.59 Å². The van der Waals surface area contributed by atoms with Crippen molar-refractivity contribution >= 4 is 45.0 Å². The number of nitrogens with zero attached hydrogens (tertiary/aromatic N) is 1. The standard InChI is InChI=1S/C15H18BrClN2O2/c1-4-5-12-15(21)19(9(3)14(20)18-12)13-7-11(17)8(2)6-10(13)16/h6-7,9,12H,4-5H2,1-3H3,(H,18,20). The Hall–Kier alpha value is -1.07. The number of amides is 2. The first kappa shape index (κ1) is 16.3. The van der Waals surface area contributed by atoms with Crippen molar-refractivity contribution in [2.24, 2.45) is 0 Å². The number of halogens is 2. The van der Waals surface area contributed by atoms with Crippen LogP contribution in [0.25, 0.3) is 0 Å².